The maximum atomic E-state index is 12.7. The standard InChI is InChI=1S/C21H18BrNO5/c22-15-10-8-13(9-11-15)18-17(19(26)14-5-2-1-3-6-14)20(27)21(28)23(18)12-4-7-16(24)25/h1-3,5-6,8-11,18,26H,4,7,12H2,(H,24,25)/b19-17+/t18-/m0/s1. The van der Waals surface area contributed by atoms with E-state index in [1.165, 1.54) is 4.90 Å². The van der Waals surface area contributed by atoms with E-state index in [0.29, 0.717) is 11.1 Å². The third kappa shape index (κ3) is 3.99. The van der Waals surface area contributed by atoms with Crippen LogP contribution in [-0.4, -0.2) is 39.3 Å². The number of amides is 1. The van der Waals surface area contributed by atoms with Crippen LogP contribution in [0.25, 0.3) is 5.76 Å². The highest BCUT2D eigenvalue weighted by Crippen LogP contribution is 2.39. The fourth-order valence-corrected chi connectivity index (χ4v) is 3.52. The van der Waals surface area contributed by atoms with Crippen molar-refractivity contribution >= 4 is 39.3 Å². The lowest BCUT2D eigenvalue weighted by molar-refractivity contribution is -0.140. The number of carboxylic acid groups (broad SMARTS) is 1. The third-order valence-electron chi connectivity index (χ3n) is 4.56. The molecule has 0 unspecified atom stereocenters. The van der Waals surface area contributed by atoms with Crippen molar-refractivity contribution < 1.29 is 24.6 Å². The van der Waals surface area contributed by atoms with E-state index in [0.717, 1.165) is 4.47 Å². The van der Waals surface area contributed by atoms with Crippen molar-refractivity contribution in [2.75, 3.05) is 6.54 Å². The first-order chi connectivity index (χ1) is 13.4. The largest absolute Gasteiger partial charge is 0.507 e. The lowest BCUT2D eigenvalue weighted by atomic mass is 9.95. The molecular weight excluding hydrogens is 426 g/mol. The molecule has 1 aliphatic rings. The molecule has 0 saturated carbocycles. The summed E-state index contributed by atoms with van der Waals surface area (Å²) in [5.41, 5.74) is 1.11. The predicted octanol–water partition coefficient (Wildman–Crippen LogP) is 3.74. The zero-order valence-electron chi connectivity index (χ0n) is 14.8. The maximum absolute atomic E-state index is 12.7. The molecule has 2 N–H and O–H groups in total. The summed E-state index contributed by atoms with van der Waals surface area (Å²) >= 11 is 3.36. The molecule has 1 fully saturated rings. The van der Waals surface area contributed by atoms with Gasteiger partial charge in [0.1, 0.15) is 5.76 Å². The number of carbonyl (C=O) groups is 3. The number of Topliss-reactive ketones (excluding diaryl/α,β-unsaturated/α-hetero) is 1. The zero-order chi connectivity index (χ0) is 20.3. The monoisotopic (exact) mass is 443 g/mol. The average Bonchev–Trinajstić information content (AvgIpc) is 2.93. The van der Waals surface area contributed by atoms with Crippen molar-refractivity contribution in [1.82, 2.24) is 4.90 Å². The van der Waals surface area contributed by atoms with Gasteiger partial charge in [0, 0.05) is 23.0 Å². The topological polar surface area (TPSA) is 94.9 Å². The maximum Gasteiger partial charge on any atom is 0.303 e. The number of carboxylic acids is 1. The van der Waals surface area contributed by atoms with Crippen LogP contribution in [0.3, 0.4) is 0 Å². The first-order valence-corrected chi connectivity index (χ1v) is 9.50. The van der Waals surface area contributed by atoms with E-state index in [4.69, 9.17) is 5.11 Å². The Kier molecular flexibility index (Phi) is 5.94. The number of aliphatic carboxylic acids is 1. The van der Waals surface area contributed by atoms with Gasteiger partial charge in [-0.1, -0.05) is 58.4 Å². The Morgan fingerprint density at radius 3 is 2.25 bits per heavy atom. The van der Waals surface area contributed by atoms with Gasteiger partial charge in [-0.2, -0.15) is 0 Å². The molecule has 3 rings (SSSR count). The van der Waals surface area contributed by atoms with Crippen LogP contribution in [0.5, 0.6) is 0 Å². The van der Waals surface area contributed by atoms with Gasteiger partial charge in [-0.15, -0.1) is 0 Å². The van der Waals surface area contributed by atoms with Crippen LogP contribution < -0.4 is 0 Å². The van der Waals surface area contributed by atoms with Crippen LogP contribution in [0, 0.1) is 0 Å². The van der Waals surface area contributed by atoms with Crippen molar-refractivity contribution in [3.05, 3.63) is 75.8 Å². The quantitative estimate of drug-likeness (QED) is 0.402. The molecule has 2 aromatic rings. The van der Waals surface area contributed by atoms with E-state index in [1.54, 1.807) is 54.6 Å². The van der Waals surface area contributed by atoms with Gasteiger partial charge >= 0.3 is 5.97 Å². The number of aliphatic hydroxyl groups excluding tert-OH is 1. The number of aliphatic hydroxyl groups is 1. The van der Waals surface area contributed by atoms with E-state index in [-0.39, 0.29) is 30.7 Å². The van der Waals surface area contributed by atoms with E-state index >= 15 is 0 Å². The summed E-state index contributed by atoms with van der Waals surface area (Å²) in [7, 11) is 0. The van der Waals surface area contributed by atoms with Crippen molar-refractivity contribution in [2.24, 2.45) is 0 Å². The van der Waals surface area contributed by atoms with E-state index in [1.807, 2.05) is 0 Å². The number of benzene rings is 2. The molecule has 6 nitrogen and oxygen atoms in total. The number of likely N-dealkylation sites (tertiary alicyclic amines) is 1. The van der Waals surface area contributed by atoms with Gasteiger partial charge in [0.25, 0.3) is 11.7 Å². The molecular formula is C21H18BrNO5. The first-order valence-electron chi connectivity index (χ1n) is 8.71. The number of carbonyl (C=O) groups excluding carboxylic acids is 2. The molecule has 0 bridgehead atoms. The summed E-state index contributed by atoms with van der Waals surface area (Å²) in [5, 5.41) is 19.7. The number of hydrogen-bond donors (Lipinski definition) is 2. The van der Waals surface area contributed by atoms with Crippen LogP contribution >= 0.6 is 15.9 Å². The van der Waals surface area contributed by atoms with Crippen molar-refractivity contribution in [3.63, 3.8) is 0 Å². The molecule has 1 amide bonds. The number of ketones is 1. The van der Waals surface area contributed by atoms with Gasteiger partial charge in [0.2, 0.25) is 0 Å². The van der Waals surface area contributed by atoms with Crippen molar-refractivity contribution in [2.45, 2.75) is 18.9 Å². The second-order valence-corrected chi connectivity index (χ2v) is 7.32. The third-order valence-corrected chi connectivity index (χ3v) is 5.09. The van der Waals surface area contributed by atoms with Gasteiger partial charge in [0.15, 0.2) is 0 Å². The molecule has 7 heteroatoms. The fraction of sp³-hybridized carbons (Fsp3) is 0.190. The summed E-state index contributed by atoms with van der Waals surface area (Å²) < 4.78 is 0.835. The van der Waals surface area contributed by atoms with Gasteiger partial charge in [-0.05, 0) is 24.1 Å². The van der Waals surface area contributed by atoms with Gasteiger partial charge < -0.3 is 15.1 Å². The minimum atomic E-state index is -0.971. The highest BCUT2D eigenvalue weighted by Gasteiger charge is 2.45. The SMILES string of the molecule is O=C(O)CCCN1C(=O)C(=O)/C(=C(/O)c2ccccc2)[C@@H]1c1ccc(Br)cc1. The van der Waals surface area contributed by atoms with Crippen LogP contribution in [-0.2, 0) is 14.4 Å². The van der Waals surface area contributed by atoms with Crippen LogP contribution in [0.2, 0.25) is 0 Å². The first kappa shape index (κ1) is 19.8. The van der Waals surface area contributed by atoms with E-state index < -0.39 is 23.7 Å². The molecule has 0 radical (unpaired) electrons. The Hall–Kier alpha value is -2.93. The Labute approximate surface area is 170 Å². The number of halogens is 1. The number of rotatable bonds is 6. The molecule has 1 aliphatic heterocycles. The minimum Gasteiger partial charge on any atom is -0.507 e. The zero-order valence-corrected chi connectivity index (χ0v) is 16.4. The van der Waals surface area contributed by atoms with Crippen LogP contribution in [0.15, 0.2) is 64.6 Å². The average molecular weight is 444 g/mol. The highest BCUT2D eigenvalue weighted by molar-refractivity contribution is 9.10. The molecule has 0 spiro atoms. The second-order valence-electron chi connectivity index (χ2n) is 6.41. The van der Waals surface area contributed by atoms with Crippen molar-refractivity contribution in [1.29, 1.82) is 0 Å². The Bertz CT molecular complexity index is 937. The normalized spacial score (nSPS) is 18.5. The predicted molar refractivity (Wildman–Crippen MR) is 106 cm³/mol. The number of hydrogen-bond acceptors (Lipinski definition) is 4. The summed E-state index contributed by atoms with van der Waals surface area (Å²) in [5.74, 6) is -2.73. The molecule has 2 aromatic carbocycles. The lowest BCUT2D eigenvalue weighted by Gasteiger charge is -2.25. The molecule has 28 heavy (non-hydrogen) atoms. The lowest BCUT2D eigenvalue weighted by Crippen LogP contribution is -2.31. The molecule has 144 valence electrons. The van der Waals surface area contributed by atoms with Gasteiger partial charge in [-0.3, -0.25) is 14.4 Å². The molecule has 0 aromatic heterocycles. The summed E-state index contributed by atoms with van der Waals surface area (Å²) in [6, 6.07) is 14.9. The van der Waals surface area contributed by atoms with Crippen molar-refractivity contribution in [3.8, 4) is 0 Å². The smallest absolute Gasteiger partial charge is 0.303 e. The summed E-state index contributed by atoms with van der Waals surface area (Å²) in [4.78, 5) is 37.6. The summed E-state index contributed by atoms with van der Waals surface area (Å²) in [6.07, 6.45) is 0.0928. The Morgan fingerprint density at radius 1 is 1.00 bits per heavy atom. The minimum absolute atomic E-state index is 0.00819. The van der Waals surface area contributed by atoms with E-state index in [2.05, 4.69) is 15.9 Å². The second kappa shape index (κ2) is 8.39. The number of nitrogens with zero attached hydrogens (tertiary/aromatic N) is 1. The Balaban J connectivity index is 2.08. The van der Waals surface area contributed by atoms with Crippen LogP contribution in [0.4, 0.5) is 0 Å². The molecule has 1 atom stereocenters. The van der Waals surface area contributed by atoms with E-state index in [9.17, 15) is 19.5 Å². The van der Waals surface area contributed by atoms with Gasteiger partial charge in [0.05, 0.1) is 11.6 Å². The Morgan fingerprint density at radius 2 is 1.64 bits per heavy atom. The van der Waals surface area contributed by atoms with Crippen LogP contribution in [0.1, 0.15) is 30.0 Å². The summed E-state index contributed by atoms with van der Waals surface area (Å²) in [6.45, 7) is 0.100. The molecule has 1 saturated heterocycles. The fourth-order valence-electron chi connectivity index (χ4n) is 3.25. The highest BCUT2D eigenvalue weighted by atomic mass is 79.9. The van der Waals surface area contributed by atoms with Gasteiger partial charge in [-0.25, -0.2) is 0 Å². The molecule has 1 heterocycles. The molecule has 0 aliphatic carbocycles.